The molecule has 0 amide bonds. The molecule has 1 heterocycles. The Morgan fingerprint density at radius 1 is 1.23 bits per heavy atom. The minimum absolute atomic E-state index is 0.182. The van der Waals surface area contributed by atoms with E-state index in [0.29, 0.717) is 18.1 Å². The van der Waals surface area contributed by atoms with Crippen molar-refractivity contribution in [1.29, 1.82) is 0 Å². The maximum Gasteiger partial charge on any atom is 0.191 e. The van der Waals surface area contributed by atoms with Crippen molar-refractivity contribution in [2.75, 3.05) is 13.6 Å². The first kappa shape index (κ1) is 15.9. The van der Waals surface area contributed by atoms with Gasteiger partial charge in [-0.25, -0.2) is 4.39 Å². The lowest BCUT2D eigenvalue weighted by atomic mass is 10.1. The molecule has 0 atom stereocenters. The SMILES string of the molecule is CN=C(NCCc1cccnc1)NCc1ccc(C)c(F)c1. The standard InChI is InChI=1S/C17H21FN4/c1-13-5-6-15(10-16(13)18)12-22-17(19-2)21-9-7-14-4-3-8-20-11-14/h3-6,8,10-11H,7,9,12H2,1-2H3,(H2,19,21,22). The van der Waals surface area contributed by atoms with Gasteiger partial charge >= 0.3 is 0 Å². The van der Waals surface area contributed by atoms with E-state index in [2.05, 4.69) is 20.6 Å². The number of hydrogen-bond acceptors (Lipinski definition) is 2. The van der Waals surface area contributed by atoms with Gasteiger partial charge in [0.2, 0.25) is 0 Å². The van der Waals surface area contributed by atoms with Crippen molar-refractivity contribution >= 4 is 5.96 Å². The minimum atomic E-state index is -0.182. The first-order valence-corrected chi connectivity index (χ1v) is 7.27. The molecule has 2 rings (SSSR count). The van der Waals surface area contributed by atoms with E-state index in [1.165, 1.54) is 5.56 Å². The topological polar surface area (TPSA) is 49.3 Å². The number of nitrogens with one attached hydrogen (secondary N) is 2. The van der Waals surface area contributed by atoms with E-state index in [0.717, 1.165) is 18.5 Å². The second kappa shape index (κ2) is 8.12. The second-order valence-electron chi connectivity index (χ2n) is 5.05. The quantitative estimate of drug-likeness (QED) is 0.658. The molecule has 116 valence electrons. The summed E-state index contributed by atoms with van der Waals surface area (Å²) in [6, 6.07) is 9.21. The molecule has 0 bridgehead atoms. The summed E-state index contributed by atoms with van der Waals surface area (Å²) in [5.41, 5.74) is 2.71. The lowest BCUT2D eigenvalue weighted by molar-refractivity contribution is 0.615. The molecule has 0 saturated heterocycles. The van der Waals surface area contributed by atoms with Crippen LogP contribution in [0.2, 0.25) is 0 Å². The molecular formula is C17H21FN4. The molecule has 0 unspecified atom stereocenters. The fourth-order valence-electron chi connectivity index (χ4n) is 2.02. The number of aromatic nitrogens is 1. The molecule has 0 aliphatic carbocycles. The van der Waals surface area contributed by atoms with Crippen LogP contribution < -0.4 is 10.6 Å². The summed E-state index contributed by atoms with van der Waals surface area (Å²) in [5, 5.41) is 6.41. The number of halogens is 1. The van der Waals surface area contributed by atoms with Gasteiger partial charge in [0.15, 0.2) is 5.96 Å². The van der Waals surface area contributed by atoms with Gasteiger partial charge in [0.1, 0.15) is 5.82 Å². The Morgan fingerprint density at radius 2 is 2.09 bits per heavy atom. The van der Waals surface area contributed by atoms with E-state index >= 15 is 0 Å². The highest BCUT2D eigenvalue weighted by Crippen LogP contribution is 2.08. The van der Waals surface area contributed by atoms with Gasteiger partial charge in [-0.2, -0.15) is 0 Å². The number of aliphatic imine (C=N–C) groups is 1. The molecule has 1 aromatic heterocycles. The fraction of sp³-hybridized carbons (Fsp3) is 0.294. The zero-order valence-electron chi connectivity index (χ0n) is 12.9. The Labute approximate surface area is 130 Å². The van der Waals surface area contributed by atoms with Gasteiger partial charge in [0.05, 0.1) is 0 Å². The summed E-state index contributed by atoms with van der Waals surface area (Å²) in [5.74, 6) is 0.517. The van der Waals surface area contributed by atoms with Crippen molar-refractivity contribution in [2.45, 2.75) is 19.9 Å². The summed E-state index contributed by atoms with van der Waals surface area (Å²) < 4.78 is 13.5. The number of pyridine rings is 1. The molecule has 0 fully saturated rings. The zero-order valence-corrected chi connectivity index (χ0v) is 12.9. The van der Waals surface area contributed by atoms with Crippen molar-refractivity contribution in [3.8, 4) is 0 Å². The Bertz CT molecular complexity index is 626. The molecule has 0 spiro atoms. The number of rotatable bonds is 5. The van der Waals surface area contributed by atoms with Crippen molar-refractivity contribution in [1.82, 2.24) is 15.6 Å². The summed E-state index contributed by atoms with van der Waals surface area (Å²) >= 11 is 0. The fourth-order valence-corrected chi connectivity index (χ4v) is 2.02. The number of aryl methyl sites for hydroxylation is 1. The van der Waals surface area contributed by atoms with Crippen LogP contribution in [0.4, 0.5) is 4.39 Å². The molecule has 2 N–H and O–H groups in total. The van der Waals surface area contributed by atoms with Gasteiger partial charge in [-0.05, 0) is 42.2 Å². The Morgan fingerprint density at radius 3 is 2.77 bits per heavy atom. The summed E-state index contributed by atoms with van der Waals surface area (Å²) in [7, 11) is 1.72. The van der Waals surface area contributed by atoms with Crippen molar-refractivity contribution in [2.24, 2.45) is 4.99 Å². The van der Waals surface area contributed by atoms with E-state index in [9.17, 15) is 4.39 Å². The molecule has 5 heteroatoms. The Kier molecular flexibility index (Phi) is 5.89. The lowest BCUT2D eigenvalue weighted by Crippen LogP contribution is -2.37. The molecule has 0 radical (unpaired) electrons. The predicted molar refractivity (Wildman–Crippen MR) is 87.3 cm³/mol. The van der Waals surface area contributed by atoms with E-state index in [-0.39, 0.29) is 5.82 Å². The molecule has 22 heavy (non-hydrogen) atoms. The van der Waals surface area contributed by atoms with Crippen molar-refractivity contribution < 1.29 is 4.39 Å². The molecule has 1 aromatic carbocycles. The van der Waals surface area contributed by atoms with Crippen LogP contribution in [0.1, 0.15) is 16.7 Å². The van der Waals surface area contributed by atoms with Crippen LogP contribution in [0.5, 0.6) is 0 Å². The third-order valence-corrected chi connectivity index (χ3v) is 3.35. The van der Waals surface area contributed by atoms with E-state index in [1.807, 2.05) is 24.4 Å². The number of benzene rings is 1. The average molecular weight is 300 g/mol. The van der Waals surface area contributed by atoms with Crippen LogP contribution in [0.25, 0.3) is 0 Å². The van der Waals surface area contributed by atoms with Gasteiger partial charge in [0, 0.05) is 32.5 Å². The monoisotopic (exact) mass is 300 g/mol. The van der Waals surface area contributed by atoms with E-state index < -0.39 is 0 Å². The summed E-state index contributed by atoms with van der Waals surface area (Å²) in [4.78, 5) is 8.24. The van der Waals surface area contributed by atoms with Crippen molar-refractivity contribution in [3.63, 3.8) is 0 Å². The maximum absolute atomic E-state index is 13.5. The van der Waals surface area contributed by atoms with Crippen LogP contribution >= 0.6 is 0 Å². The first-order valence-electron chi connectivity index (χ1n) is 7.27. The smallest absolute Gasteiger partial charge is 0.191 e. The molecule has 0 aliphatic heterocycles. The van der Waals surface area contributed by atoms with Crippen LogP contribution in [0, 0.1) is 12.7 Å². The number of hydrogen-bond donors (Lipinski definition) is 2. The highest BCUT2D eigenvalue weighted by Gasteiger charge is 2.01. The van der Waals surface area contributed by atoms with Gasteiger partial charge in [-0.3, -0.25) is 9.98 Å². The average Bonchev–Trinajstić information content (AvgIpc) is 2.55. The summed E-state index contributed by atoms with van der Waals surface area (Å²) in [6.45, 7) is 3.04. The van der Waals surface area contributed by atoms with Crippen LogP contribution in [0.3, 0.4) is 0 Å². The molecule has 4 nitrogen and oxygen atoms in total. The first-order chi connectivity index (χ1) is 10.7. The molecular weight excluding hydrogens is 279 g/mol. The van der Waals surface area contributed by atoms with E-state index in [4.69, 9.17) is 0 Å². The lowest BCUT2D eigenvalue weighted by Gasteiger charge is -2.12. The maximum atomic E-state index is 13.5. The van der Waals surface area contributed by atoms with Crippen LogP contribution in [0.15, 0.2) is 47.7 Å². The van der Waals surface area contributed by atoms with Gasteiger partial charge in [-0.15, -0.1) is 0 Å². The second-order valence-corrected chi connectivity index (χ2v) is 5.05. The highest BCUT2D eigenvalue weighted by molar-refractivity contribution is 5.79. The Balaban J connectivity index is 1.78. The van der Waals surface area contributed by atoms with Crippen LogP contribution in [-0.4, -0.2) is 24.5 Å². The normalized spacial score (nSPS) is 11.3. The van der Waals surface area contributed by atoms with Gasteiger partial charge in [-0.1, -0.05) is 18.2 Å². The molecule has 2 aromatic rings. The summed E-state index contributed by atoms with van der Waals surface area (Å²) in [6.07, 6.45) is 4.48. The number of guanidine groups is 1. The third-order valence-electron chi connectivity index (χ3n) is 3.35. The predicted octanol–water partition coefficient (Wildman–Crippen LogP) is 2.44. The van der Waals surface area contributed by atoms with E-state index in [1.54, 1.807) is 32.3 Å². The molecule has 0 aliphatic rings. The van der Waals surface area contributed by atoms with Gasteiger partial charge < -0.3 is 10.6 Å². The zero-order chi connectivity index (χ0) is 15.8. The Hall–Kier alpha value is -2.43. The molecule has 0 saturated carbocycles. The number of nitrogens with zero attached hydrogens (tertiary/aromatic N) is 2. The third kappa shape index (κ3) is 4.84. The highest BCUT2D eigenvalue weighted by atomic mass is 19.1. The van der Waals surface area contributed by atoms with Gasteiger partial charge in [0.25, 0.3) is 0 Å². The largest absolute Gasteiger partial charge is 0.356 e. The van der Waals surface area contributed by atoms with Crippen molar-refractivity contribution in [3.05, 3.63) is 65.2 Å². The minimum Gasteiger partial charge on any atom is -0.356 e. The van der Waals surface area contributed by atoms with Crippen LogP contribution in [-0.2, 0) is 13.0 Å².